The minimum absolute atomic E-state index is 0.0446. The van der Waals surface area contributed by atoms with Crippen LogP contribution in [0.5, 0.6) is 0 Å². The number of carbonyl (C=O) groups is 1. The Balaban J connectivity index is 2.39. The van der Waals surface area contributed by atoms with Crippen molar-refractivity contribution in [2.24, 2.45) is 0 Å². The second-order valence-corrected chi connectivity index (χ2v) is 4.76. The van der Waals surface area contributed by atoms with Crippen molar-refractivity contribution in [3.8, 4) is 11.8 Å². The predicted molar refractivity (Wildman–Crippen MR) is 73.6 cm³/mol. The highest BCUT2D eigenvalue weighted by molar-refractivity contribution is 6.30. The van der Waals surface area contributed by atoms with Crippen LogP contribution < -0.4 is 0 Å². The molecule has 0 radical (unpaired) electrons. The second-order valence-electron chi connectivity index (χ2n) is 4.35. The van der Waals surface area contributed by atoms with Crippen molar-refractivity contribution in [1.82, 2.24) is 19.9 Å². The van der Waals surface area contributed by atoms with Crippen LogP contribution >= 0.6 is 11.6 Å². The van der Waals surface area contributed by atoms with Crippen LogP contribution in [0.25, 0.3) is 5.69 Å². The highest BCUT2D eigenvalue weighted by Crippen LogP contribution is 2.20. The van der Waals surface area contributed by atoms with Crippen LogP contribution in [0.3, 0.4) is 0 Å². The Kier molecular flexibility index (Phi) is 4.19. The fraction of sp³-hybridized carbons (Fsp3) is 0.231. The molecule has 6 nitrogen and oxygen atoms in total. The first-order valence-electron chi connectivity index (χ1n) is 5.96. The van der Waals surface area contributed by atoms with E-state index in [0.29, 0.717) is 11.4 Å². The summed E-state index contributed by atoms with van der Waals surface area (Å²) < 4.78 is 14.6. The van der Waals surface area contributed by atoms with E-state index in [1.807, 2.05) is 6.07 Å². The predicted octanol–water partition coefficient (Wildman–Crippen LogP) is 1.96. The summed E-state index contributed by atoms with van der Waals surface area (Å²) in [6, 6.07) is 5.97. The summed E-state index contributed by atoms with van der Waals surface area (Å²) in [5.74, 6) is -0.947. The Morgan fingerprint density at radius 3 is 2.90 bits per heavy atom. The molecule has 2 rings (SSSR count). The molecule has 0 bridgehead atoms. The zero-order chi connectivity index (χ0) is 15.6. The van der Waals surface area contributed by atoms with Crippen LogP contribution in [0.15, 0.2) is 18.2 Å². The molecular formula is C13H11ClFN5O. The maximum Gasteiger partial charge on any atom is 0.276 e. The van der Waals surface area contributed by atoms with Gasteiger partial charge in [-0.1, -0.05) is 16.8 Å². The SMILES string of the molecule is Cc1c(C(=O)N(C)CC#N)nnn1-c1ccc(F)c(Cl)c1. The maximum atomic E-state index is 13.2. The maximum absolute atomic E-state index is 13.2. The third-order valence-corrected chi connectivity index (χ3v) is 3.19. The number of aromatic nitrogens is 3. The summed E-state index contributed by atoms with van der Waals surface area (Å²) >= 11 is 5.73. The summed E-state index contributed by atoms with van der Waals surface area (Å²) in [6.45, 7) is 1.61. The fourth-order valence-electron chi connectivity index (χ4n) is 1.75. The number of hydrogen-bond acceptors (Lipinski definition) is 4. The summed E-state index contributed by atoms with van der Waals surface area (Å²) in [6.07, 6.45) is 0. The van der Waals surface area contributed by atoms with Crippen LogP contribution in [-0.4, -0.2) is 39.4 Å². The number of nitriles is 1. The third-order valence-electron chi connectivity index (χ3n) is 2.90. The number of nitrogens with zero attached hydrogens (tertiary/aromatic N) is 5. The number of benzene rings is 1. The van der Waals surface area contributed by atoms with E-state index in [2.05, 4.69) is 10.3 Å². The summed E-state index contributed by atoms with van der Waals surface area (Å²) in [5.41, 5.74) is 1.11. The molecule has 0 saturated heterocycles. The van der Waals surface area contributed by atoms with Gasteiger partial charge in [-0.2, -0.15) is 5.26 Å². The summed E-state index contributed by atoms with van der Waals surface area (Å²) in [7, 11) is 1.50. The van der Waals surface area contributed by atoms with Gasteiger partial charge in [0.1, 0.15) is 12.4 Å². The average Bonchev–Trinajstić information content (AvgIpc) is 2.83. The molecule has 0 N–H and O–H groups in total. The van der Waals surface area contributed by atoms with Gasteiger partial charge in [-0.25, -0.2) is 9.07 Å². The Labute approximate surface area is 125 Å². The van der Waals surface area contributed by atoms with Crippen LogP contribution in [0.2, 0.25) is 5.02 Å². The van der Waals surface area contributed by atoms with Gasteiger partial charge in [0.05, 0.1) is 22.5 Å². The molecule has 0 unspecified atom stereocenters. The van der Waals surface area contributed by atoms with Gasteiger partial charge in [0.25, 0.3) is 5.91 Å². The third kappa shape index (κ3) is 2.85. The first kappa shape index (κ1) is 14.9. The molecule has 0 aliphatic rings. The number of hydrogen-bond donors (Lipinski definition) is 0. The Hall–Kier alpha value is -2.46. The van der Waals surface area contributed by atoms with E-state index in [1.54, 1.807) is 6.92 Å². The van der Waals surface area contributed by atoms with Crippen molar-refractivity contribution in [2.75, 3.05) is 13.6 Å². The van der Waals surface area contributed by atoms with Crippen molar-refractivity contribution in [2.45, 2.75) is 6.92 Å². The van der Waals surface area contributed by atoms with Gasteiger partial charge in [0.2, 0.25) is 0 Å². The first-order valence-corrected chi connectivity index (χ1v) is 6.33. The molecule has 0 atom stereocenters. The van der Waals surface area contributed by atoms with Gasteiger partial charge < -0.3 is 4.90 Å². The molecule has 0 aliphatic carbocycles. The molecule has 1 heterocycles. The van der Waals surface area contributed by atoms with E-state index in [-0.39, 0.29) is 17.3 Å². The van der Waals surface area contributed by atoms with Gasteiger partial charge in [0, 0.05) is 7.05 Å². The van der Waals surface area contributed by atoms with Crippen LogP contribution in [0.4, 0.5) is 4.39 Å². The Morgan fingerprint density at radius 1 is 1.57 bits per heavy atom. The van der Waals surface area contributed by atoms with Gasteiger partial charge >= 0.3 is 0 Å². The van der Waals surface area contributed by atoms with Crippen LogP contribution in [0, 0.1) is 24.1 Å². The first-order chi connectivity index (χ1) is 9.95. The minimum Gasteiger partial charge on any atom is -0.327 e. The Morgan fingerprint density at radius 2 is 2.29 bits per heavy atom. The molecule has 1 amide bonds. The Bertz CT molecular complexity index is 737. The summed E-state index contributed by atoms with van der Waals surface area (Å²) in [4.78, 5) is 13.3. The average molecular weight is 308 g/mol. The molecular weight excluding hydrogens is 297 g/mol. The van der Waals surface area contributed by atoms with Gasteiger partial charge in [0.15, 0.2) is 5.69 Å². The molecule has 21 heavy (non-hydrogen) atoms. The lowest BCUT2D eigenvalue weighted by atomic mass is 10.2. The second kappa shape index (κ2) is 5.89. The van der Waals surface area contributed by atoms with E-state index in [0.717, 1.165) is 0 Å². The van der Waals surface area contributed by atoms with Gasteiger partial charge in [-0.05, 0) is 25.1 Å². The van der Waals surface area contributed by atoms with Crippen molar-refractivity contribution >= 4 is 17.5 Å². The molecule has 108 valence electrons. The van der Waals surface area contributed by atoms with E-state index < -0.39 is 11.7 Å². The normalized spacial score (nSPS) is 10.2. The van der Waals surface area contributed by atoms with Crippen LogP contribution in [0.1, 0.15) is 16.2 Å². The monoisotopic (exact) mass is 307 g/mol. The molecule has 0 aliphatic heterocycles. The molecule has 2 aromatic rings. The van der Waals surface area contributed by atoms with Crippen molar-refractivity contribution in [1.29, 1.82) is 5.26 Å². The lowest BCUT2D eigenvalue weighted by molar-refractivity contribution is 0.0805. The van der Waals surface area contributed by atoms with E-state index in [1.165, 1.54) is 34.8 Å². The fourth-order valence-corrected chi connectivity index (χ4v) is 1.92. The molecule has 0 saturated carbocycles. The minimum atomic E-state index is -0.539. The lowest BCUT2D eigenvalue weighted by Crippen LogP contribution is -2.28. The smallest absolute Gasteiger partial charge is 0.276 e. The topological polar surface area (TPSA) is 74.8 Å². The number of halogens is 2. The molecule has 1 aromatic carbocycles. The molecule has 8 heteroatoms. The van der Waals surface area contributed by atoms with Crippen molar-refractivity contribution < 1.29 is 9.18 Å². The van der Waals surface area contributed by atoms with Crippen LogP contribution in [-0.2, 0) is 0 Å². The van der Waals surface area contributed by atoms with E-state index in [9.17, 15) is 9.18 Å². The highest BCUT2D eigenvalue weighted by Gasteiger charge is 2.20. The largest absolute Gasteiger partial charge is 0.327 e. The zero-order valence-electron chi connectivity index (χ0n) is 11.3. The van der Waals surface area contributed by atoms with Crippen molar-refractivity contribution in [3.05, 3.63) is 40.4 Å². The van der Waals surface area contributed by atoms with E-state index >= 15 is 0 Å². The molecule has 1 aromatic heterocycles. The summed E-state index contributed by atoms with van der Waals surface area (Å²) in [5, 5.41) is 16.3. The highest BCUT2D eigenvalue weighted by atomic mass is 35.5. The molecule has 0 fully saturated rings. The number of carbonyl (C=O) groups excluding carboxylic acids is 1. The number of amides is 1. The zero-order valence-corrected chi connectivity index (χ0v) is 12.1. The van der Waals surface area contributed by atoms with E-state index in [4.69, 9.17) is 16.9 Å². The van der Waals surface area contributed by atoms with Crippen molar-refractivity contribution in [3.63, 3.8) is 0 Å². The van der Waals surface area contributed by atoms with Gasteiger partial charge in [-0.15, -0.1) is 5.10 Å². The standard InChI is InChI=1S/C13H11ClFN5O/c1-8-12(13(21)19(2)6-5-16)17-18-20(8)9-3-4-11(15)10(14)7-9/h3-4,7H,6H2,1-2H3. The quantitative estimate of drug-likeness (QED) is 0.812. The van der Waals surface area contributed by atoms with Gasteiger partial charge in [-0.3, -0.25) is 4.79 Å². The molecule has 0 spiro atoms. The lowest BCUT2D eigenvalue weighted by Gasteiger charge is -2.11. The number of rotatable bonds is 3.